The molecule has 7 heteroatoms. The van der Waals surface area contributed by atoms with Gasteiger partial charge in [-0.2, -0.15) is 0 Å². The van der Waals surface area contributed by atoms with E-state index in [2.05, 4.69) is 29.9 Å². The van der Waals surface area contributed by atoms with Crippen LogP contribution in [0.1, 0.15) is 0 Å². The standard InChI is InChI=1S/C19H29FN6/c1-21-19(22-14-16-15-23-6-8-24(16)9-7-23)26-12-10-25(11-13-26)18-5-3-2-4-17(18)20/h2-5,16H,6-15H2,1H3,(H,21,22). The molecule has 1 atom stereocenters. The van der Waals surface area contributed by atoms with Crippen molar-refractivity contribution in [2.45, 2.75) is 6.04 Å². The van der Waals surface area contributed by atoms with Crippen molar-refractivity contribution in [1.29, 1.82) is 0 Å². The number of nitrogens with one attached hydrogen (secondary N) is 1. The van der Waals surface area contributed by atoms with E-state index < -0.39 is 0 Å². The van der Waals surface area contributed by atoms with Crippen molar-refractivity contribution in [2.24, 2.45) is 4.99 Å². The highest BCUT2D eigenvalue weighted by Gasteiger charge is 2.32. The van der Waals surface area contributed by atoms with Crippen molar-refractivity contribution in [2.75, 3.05) is 77.4 Å². The van der Waals surface area contributed by atoms with Crippen molar-refractivity contribution in [1.82, 2.24) is 20.0 Å². The summed E-state index contributed by atoms with van der Waals surface area (Å²) in [7, 11) is 1.85. The van der Waals surface area contributed by atoms with Gasteiger partial charge in [0.15, 0.2) is 5.96 Å². The number of hydrogen-bond donors (Lipinski definition) is 1. The number of guanidine groups is 1. The maximum absolute atomic E-state index is 14.0. The molecule has 0 saturated carbocycles. The van der Waals surface area contributed by atoms with Gasteiger partial charge in [0.1, 0.15) is 5.82 Å². The Morgan fingerprint density at radius 3 is 2.42 bits per heavy atom. The normalized spacial score (nSPS) is 29.2. The number of piperazine rings is 4. The lowest BCUT2D eigenvalue weighted by Crippen LogP contribution is -2.64. The molecule has 0 radical (unpaired) electrons. The van der Waals surface area contributed by atoms with Gasteiger partial charge in [-0.1, -0.05) is 12.1 Å². The van der Waals surface area contributed by atoms with E-state index in [-0.39, 0.29) is 5.82 Å². The number of fused-ring (bicyclic) bond motifs is 3. The number of hydrogen-bond acceptors (Lipinski definition) is 4. The molecular formula is C19H29FN6. The third-order valence-corrected chi connectivity index (χ3v) is 5.87. The number of benzene rings is 1. The van der Waals surface area contributed by atoms with E-state index in [4.69, 9.17) is 0 Å². The number of halogens is 1. The lowest BCUT2D eigenvalue weighted by molar-refractivity contribution is 0.0152. The van der Waals surface area contributed by atoms with E-state index >= 15 is 0 Å². The van der Waals surface area contributed by atoms with Crippen LogP contribution in [-0.2, 0) is 0 Å². The zero-order chi connectivity index (χ0) is 17.9. The second kappa shape index (κ2) is 7.80. The molecule has 1 N–H and O–H groups in total. The Kier molecular flexibility index (Phi) is 5.26. The second-order valence-corrected chi connectivity index (χ2v) is 7.34. The zero-order valence-corrected chi connectivity index (χ0v) is 15.6. The molecule has 0 aliphatic carbocycles. The topological polar surface area (TPSA) is 37.4 Å². The first-order chi connectivity index (χ1) is 12.7. The predicted molar refractivity (Wildman–Crippen MR) is 103 cm³/mol. The van der Waals surface area contributed by atoms with Crippen LogP contribution in [0.5, 0.6) is 0 Å². The third kappa shape index (κ3) is 3.64. The Morgan fingerprint density at radius 1 is 1.08 bits per heavy atom. The van der Waals surface area contributed by atoms with Crippen LogP contribution in [0.25, 0.3) is 0 Å². The molecule has 4 aliphatic rings. The molecule has 1 unspecified atom stereocenters. The van der Waals surface area contributed by atoms with E-state index in [1.54, 1.807) is 6.07 Å². The minimum atomic E-state index is -0.139. The average molecular weight is 360 g/mol. The molecular weight excluding hydrogens is 331 g/mol. The van der Waals surface area contributed by atoms with Crippen LogP contribution in [0, 0.1) is 5.82 Å². The van der Waals surface area contributed by atoms with Crippen molar-refractivity contribution >= 4 is 11.6 Å². The average Bonchev–Trinajstić information content (AvgIpc) is 2.70. The van der Waals surface area contributed by atoms with Crippen LogP contribution in [0.15, 0.2) is 29.3 Å². The van der Waals surface area contributed by atoms with Crippen molar-refractivity contribution in [3.63, 3.8) is 0 Å². The van der Waals surface area contributed by atoms with E-state index in [0.717, 1.165) is 45.2 Å². The van der Waals surface area contributed by atoms with Gasteiger partial charge in [-0.15, -0.1) is 0 Å². The summed E-state index contributed by atoms with van der Waals surface area (Å²) in [6, 6.07) is 7.61. The fourth-order valence-electron chi connectivity index (χ4n) is 4.33. The van der Waals surface area contributed by atoms with Crippen molar-refractivity contribution in [3.05, 3.63) is 30.1 Å². The molecule has 2 bridgehead atoms. The number of para-hydroxylation sites is 1. The molecule has 0 amide bonds. The maximum Gasteiger partial charge on any atom is 0.193 e. The Hall–Kier alpha value is -1.86. The van der Waals surface area contributed by atoms with Crippen LogP contribution in [0.3, 0.4) is 0 Å². The van der Waals surface area contributed by atoms with Crippen LogP contribution in [-0.4, -0.2) is 99.2 Å². The van der Waals surface area contributed by atoms with Gasteiger partial charge in [0.25, 0.3) is 0 Å². The van der Waals surface area contributed by atoms with Gasteiger partial charge < -0.3 is 15.1 Å². The molecule has 26 heavy (non-hydrogen) atoms. The maximum atomic E-state index is 14.0. The molecule has 5 rings (SSSR count). The first-order valence-corrected chi connectivity index (χ1v) is 9.66. The smallest absolute Gasteiger partial charge is 0.193 e. The Bertz CT molecular complexity index is 635. The molecule has 4 heterocycles. The van der Waals surface area contributed by atoms with Gasteiger partial charge in [-0.25, -0.2) is 4.39 Å². The number of aliphatic imine (C=N–C) groups is 1. The summed E-state index contributed by atoms with van der Waals surface area (Å²) in [5, 5.41) is 3.57. The van der Waals surface area contributed by atoms with Gasteiger partial charge in [0, 0.05) is 78.5 Å². The first kappa shape index (κ1) is 17.5. The molecule has 1 aromatic rings. The Labute approximate surface area is 155 Å². The van der Waals surface area contributed by atoms with Gasteiger partial charge in [0.2, 0.25) is 0 Å². The molecule has 6 nitrogen and oxygen atoms in total. The summed E-state index contributed by atoms with van der Waals surface area (Å²) in [4.78, 5) is 14.0. The summed E-state index contributed by atoms with van der Waals surface area (Å²) < 4.78 is 14.0. The molecule has 4 aliphatic heterocycles. The van der Waals surface area contributed by atoms with Crippen molar-refractivity contribution < 1.29 is 4.39 Å². The quantitative estimate of drug-likeness (QED) is 0.629. The van der Waals surface area contributed by atoms with E-state index in [9.17, 15) is 4.39 Å². The highest BCUT2D eigenvalue weighted by atomic mass is 19.1. The van der Waals surface area contributed by atoms with Crippen LogP contribution in [0.4, 0.5) is 10.1 Å². The number of anilines is 1. The van der Waals surface area contributed by atoms with E-state index in [1.807, 2.05) is 19.2 Å². The fourth-order valence-corrected chi connectivity index (χ4v) is 4.33. The van der Waals surface area contributed by atoms with E-state index in [0.29, 0.717) is 11.7 Å². The fraction of sp³-hybridized carbons (Fsp3) is 0.632. The summed E-state index contributed by atoms with van der Waals surface area (Å²) >= 11 is 0. The Balaban J connectivity index is 1.29. The summed E-state index contributed by atoms with van der Waals surface area (Å²) in [6.07, 6.45) is 0. The minimum absolute atomic E-state index is 0.139. The monoisotopic (exact) mass is 360 g/mol. The molecule has 0 spiro atoms. The molecule has 142 valence electrons. The number of nitrogens with zero attached hydrogens (tertiary/aromatic N) is 5. The van der Waals surface area contributed by atoms with Crippen LogP contribution >= 0.6 is 0 Å². The highest BCUT2D eigenvalue weighted by molar-refractivity contribution is 5.80. The summed E-state index contributed by atoms with van der Waals surface area (Å²) in [6.45, 7) is 10.2. The lowest BCUT2D eigenvalue weighted by Gasteiger charge is -2.48. The largest absolute Gasteiger partial charge is 0.366 e. The van der Waals surface area contributed by atoms with Gasteiger partial charge in [-0.05, 0) is 12.1 Å². The number of rotatable bonds is 3. The van der Waals surface area contributed by atoms with Crippen molar-refractivity contribution in [3.8, 4) is 0 Å². The summed E-state index contributed by atoms with van der Waals surface area (Å²) in [5.41, 5.74) is 0.704. The van der Waals surface area contributed by atoms with Gasteiger partial charge in [-0.3, -0.25) is 14.8 Å². The zero-order valence-electron chi connectivity index (χ0n) is 15.6. The van der Waals surface area contributed by atoms with Gasteiger partial charge >= 0.3 is 0 Å². The third-order valence-electron chi connectivity index (χ3n) is 5.87. The first-order valence-electron chi connectivity index (χ1n) is 9.66. The summed E-state index contributed by atoms with van der Waals surface area (Å²) in [5.74, 6) is 0.829. The minimum Gasteiger partial charge on any atom is -0.366 e. The second-order valence-electron chi connectivity index (χ2n) is 7.34. The molecule has 4 fully saturated rings. The van der Waals surface area contributed by atoms with Gasteiger partial charge in [0.05, 0.1) is 5.69 Å². The predicted octanol–water partition coefficient (Wildman–Crippen LogP) is 0.523. The molecule has 0 aromatic heterocycles. The Morgan fingerprint density at radius 2 is 1.81 bits per heavy atom. The van der Waals surface area contributed by atoms with E-state index in [1.165, 1.54) is 32.2 Å². The molecule has 1 aromatic carbocycles. The lowest BCUT2D eigenvalue weighted by atomic mass is 10.1. The molecule has 4 saturated heterocycles. The highest BCUT2D eigenvalue weighted by Crippen LogP contribution is 2.20. The SMILES string of the molecule is CN=C(NCC1CN2CCN1CC2)N1CCN(c2ccccc2F)CC1. The van der Waals surface area contributed by atoms with Crippen LogP contribution in [0.2, 0.25) is 0 Å². The van der Waals surface area contributed by atoms with Crippen LogP contribution < -0.4 is 10.2 Å².